The van der Waals surface area contributed by atoms with E-state index in [9.17, 15) is 0 Å². The Kier molecular flexibility index (Phi) is 9.10. The number of para-hydroxylation sites is 1. The minimum atomic E-state index is -0.201. The summed E-state index contributed by atoms with van der Waals surface area (Å²) in [5.41, 5.74) is 26.6. The summed E-state index contributed by atoms with van der Waals surface area (Å²) in [4.78, 5) is 5.52. The number of fused-ring (bicyclic) bond motifs is 12. The smallest absolute Gasteiger partial charge is 0.252 e. The van der Waals surface area contributed by atoms with Crippen molar-refractivity contribution in [2.24, 2.45) is 0 Å². The van der Waals surface area contributed by atoms with Crippen LogP contribution in [0.1, 0.15) is 149 Å². The van der Waals surface area contributed by atoms with Gasteiger partial charge in [-0.2, -0.15) is 0 Å². The number of anilines is 5. The Morgan fingerprint density at radius 1 is 0.493 bits per heavy atom. The highest BCUT2D eigenvalue weighted by molar-refractivity contribution is 7.00. The number of hydrogen-bond acceptors (Lipinski definition) is 2. The molecule has 0 spiro atoms. The predicted octanol–water partition coefficient (Wildman–Crippen LogP) is 15.9. The molecular weight excluding hydrogens is 858 g/mol. The molecule has 0 bridgehead atoms. The van der Waals surface area contributed by atoms with Gasteiger partial charge in [-0.25, -0.2) is 0 Å². The van der Waals surface area contributed by atoms with Gasteiger partial charge < -0.3 is 14.4 Å². The molecule has 3 nitrogen and oxygen atoms in total. The van der Waals surface area contributed by atoms with Gasteiger partial charge in [-0.15, -0.1) is 0 Å². The van der Waals surface area contributed by atoms with Crippen molar-refractivity contribution in [3.8, 4) is 27.9 Å². The molecule has 13 rings (SSSR count). The predicted molar refractivity (Wildman–Crippen MR) is 305 cm³/mol. The van der Waals surface area contributed by atoms with Crippen LogP contribution in [0.15, 0.2) is 140 Å². The van der Waals surface area contributed by atoms with Gasteiger partial charge in [-0.3, -0.25) is 0 Å². The normalized spacial score (nSPS) is 20.4. The first-order valence-electron chi connectivity index (χ1n) is 26.7. The van der Waals surface area contributed by atoms with Crippen LogP contribution in [-0.4, -0.2) is 16.8 Å². The van der Waals surface area contributed by atoms with Crippen LogP contribution >= 0.6 is 0 Å². The van der Waals surface area contributed by atoms with Crippen molar-refractivity contribution < 1.29 is 0 Å². The van der Waals surface area contributed by atoms with Crippen molar-refractivity contribution in [1.82, 2.24) is 4.57 Å². The number of benzene rings is 7. The second-order valence-corrected chi connectivity index (χ2v) is 26.1. The van der Waals surface area contributed by atoms with E-state index in [1.807, 2.05) is 0 Å². The van der Waals surface area contributed by atoms with Gasteiger partial charge in [0.25, 0.3) is 6.71 Å². The summed E-state index contributed by atoms with van der Waals surface area (Å²) in [5, 5.41) is 1.36. The molecule has 0 saturated heterocycles. The van der Waals surface area contributed by atoms with Gasteiger partial charge in [-0.1, -0.05) is 193 Å². The summed E-state index contributed by atoms with van der Waals surface area (Å²) in [6.45, 7) is 31.4. The number of aromatic nitrogens is 1. The molecule has 2 atom stereocenters. The molecule has 356 valence electrons. The SMILES string of the molecule is CC(C)(C)c1ccc(N2c3cc(N4c5ccc(C(C)(C)C)cc5C5(C)CCCCC45C)ccc3B3c4c2cc(C(C)(C)C)cc4-n2c4c(c5cccc3c52)-c2ccccc2C4(C)C)c(-c2ccccc2)c1. The Bertz CT molecular complexity index is 3570. The number of nitrogens with zero attached hydrogens (tertiary/aromatic N) is 3. The summed E-state index contributed by atoms with van der Waals surface area (Å²) >= 11 is 0. The third-order valence-corrected chi connectivity index (χ3v) is 18.5. The molecule has 4 heteroatoms. The van der Waals surface area contributed by atoms with E-state index in [1.165, 1.54) is 136 Å². The molecule has 2 aliphatic carbocycles. The zero-order valence-corrected chi connectivity index (χ0v) is 44.5. The summed E-state index contributed by atoms with van der Waals surface area (Å²) in [7, 11) is 0. The molecule has 71 heavy (non-hydrogen) atoms. The van der Waals surface area contributed by atoms with Crippen LogP contribution in [0.2, 0.25) is 0 Å². The van der Waals surface area contributed by atoms with Crippen molar-refractivity contribution >= 4 is 62.4 Å². The van der Waals surface area contributed by atoms with Gasteiger partial charge in [0.2, 0.25) is 0 Å². The van der Waals surface area contributed by atoms with E-state index < -0.39 is 0 Å². The van der Waals surface area contributed by atoms with Crippen LogP contribution in [0.5, 0.6) is 0 Å². The molecule has 3 aliphatic heterocycles. The monoisotopic (exact) mass is 928 g/mol. The first kappa shape index (κ1) is 44.7. The molecule has 5 aliphatic rings. The van der Waals surface area contributed by atoms with Crippen LogP contribution in [-0.2, 0) is 27.1 Å². The standard InChI is InChI=1S/C67H70BN3/c1-62(2,3)42-28-32-53(48(36-42)41-22-15-14-16-23-41)69-55-40-45(71-54-33-29-43(63(4,5)6)37-50(54)66(12)34-19-20-35-67(66,71)13)30-31-51(55)68-52-27-21-25-47-58-46-24-17-18-26-49(46)65(10,11)61(58)70(60(47)52)57-39-44(64(7,8)9)38-56(69)59(57)68/h14-18,21-33,36-40H,19-20,34-35H2,1-13H3. The minimum Gasteiger partial charge on any atom is -0.334 e. The Balaban J connectivity index is 1.15. The fourth-order valence-corrected chi connectivity index (χ4v) is 14.4. The summed E-state index contributed by atoms with van der Waals surface area (Å²) in [6.07, 6.45) is 4.85. The average Bonchev–Trinajstić information content (AvgIpc) is 3.88. The molecule has 2 unspecified atom stereocenters. The average molecular weight is 928 g/mol. The van der Waals surface area contributed by atoms with Crippen LogP contribution in [0.3, 0.4) is 0 Å². The topological polar surface area (TPSA) is 11.4 Å². The van der Waals surface area contributed by atoms with Gasteiger partial charge in [0.15, 0.2) is 0 Å². The van der Waals surface area contributed by atoms with Crippen molar-refractivity contribution in [1.29, 1.82) is 0 Å². The molecule has 0 amide bonds. The minimum absolute atomic E-state index is 0.0149. The third-order valence-electron chi connectivity index (χ3n) is 18.5. The Labute approximate surface area is 424 Å². The van der Waals surface area contributed by atoms with E-state index in [-0.39, 0.29) is 39.3 Å². The zero-order chi connectivity index (χ0) is 49.5. The molecule has 0 radical (unpaired) electrons. The lowest BCUT2D eigenvalue weighted by Gasteiger charge is -2.50. The Hall–Kier alpha value is -6.26. The number of rotatable bonds is 3. The second kappa shape index (κ2) is 14.5. The second-order valence-electron chi connectivity index (χ2n) is 26.1. The van der Waals surface area contributed by atoms with Crippen LogP contribution in [0, 0.1) is 0 Å². The maximum atomic E-state index is 2.80. The van der Waals surface area contributed by atoms with E-state index in [4.69, 9.17) is 0 Å². The summed E-state index contributed by atoms with van der Waals surface area (Å²) < 4.78 is 2.74. The van der Waals surface area contributed by atoms with Gasteiger partial charge in [0, 0.05) is 67.0 Å². The van der Waals surface area contributed by atoms with E-state index in [0.29, 0.717) is 0 Å². The summed E-state index contributed by atoms with van der Waals surface area (Å²) in [5.74, 6) is 0. The van der Waals surface area contributed by atoms with Gasteiger partial charge >= 0.3 is 0 Å². The van der Waals surface area contributed by atoms with Crippen LogP contribution < -0.4 is 26.2 Å². The highest BCUT2D eigenvalue weighted by Gasteiger charge is 2.58. The van der Waals surface area contributed by atoms with Gasteiger partial charge in [0.1, 0.15) is 0 Å². The molecule has 4 heterocycles. The molecule has 1 saturated carbocycles. The summed E-state index contributed by atoms with van der Waals surface area (Å²) in [6, 6.07) is 55.3. The van der Waals surface area contributed by atoms with Gasteiger partial charge in [-0.05, 0) is 134 Å². The lowest BCUT2D eigenvalue weighted by molar-refractivity contribution is 0.195. The first-order valence-corrected chi connectivity index (χ1v) is 26.7. The van der Waals surface area contributed by atoms with E-state index >= 15 is 0 Å². The lowest BCUT2D eigenvalue weighted by atomic mass is 9.33. The van der Waals surface area contributed by atoms with Crippen LogP contribution in [0.25, 0.3) is 38.8 Å². The van der Waals surface area contributed by atoms with Crippen molar-refractivity contribution in [2.45, 2.75) is 148 Å². The molecular formula is C67H70BN3. The van der Waals surface area contributed by atoms with E-state index in [2.05, 4.69) is 244 Å². The molecule has 8 aromatic rings. The van der Waals surface area contributed by atoms with E-state index in [1.54, 1.807) is 0 Å². The highest BCUT2D eigenvalue weighted by Crippen LogP contribution is 2.62. The largest absolute Gasteiger partial charge is 0.334 e. The Morgan fingerprint density at radius 2 is 1.15 bits per heavy atom. The van der Waals surface area contributed by atoms with Crippen molar-refractivity contribution in [3.05, 3.63) is 173 Å². The Morgan fingerprint density at radius 3 is 1.89 bits per heavy atom. The first-order chi connectivity index (χ1) is 33.6. The highest BCUT2D eigenvalue weighted by atomic mass is 15.3. The quantitative estimate of drug-likeness (QED) is 0.164. The molecule has 1 fully saturated rings. The van der Waals surface area contributed by atoms with Gasteiger partial charge in [0.05, 0.1) is 11.2 Å². The fourth-order valence-electron chi connectivity index (χ4n) is 14.4. The molecule has 0 N–H and O–H groups in total. The van der Waals surface area contributed by atoms with E-state index in [0.717, 1.165) is 6.42 Å². The van der Waals surface area contributed by atoms with Crippen molar-refractivity contribution in [3.63, 3.8) is 0 Å². The maximum Gasteiger partial charge on any atom is 0.252 e. The van der Waals surface area contributed by atoms with Crippen molar-refractivity contribution in [2.75, 3.05) is 9.80 Å². The zero-order valence-electron chi connectivity index (χ0n) is 44.5. The van der Waals surface area contributed by atoms with Crippen LogP contribution in [0.4, 0.5) is 28.4 Å². The fraction of sp³-hybridized carbons (Fsp3) is 0.343. The molecule has 7 aromatic carbocycles. The molecule has 1 aromatic heterocycles. The number of hydrogen-bond donors (Lipinski definition) is 0. The lowest BCUT2D eigenvalue weighted by Crippen LogP contribution is -2.61. The third kappa shape index (κ3) is 5.97. The maximum absolute atomic E-state index is 2.80.